The molecule has 0 saturated carbocycles. The maximum absolute atomic E-state index is 14.3. The van der Waals surface area contributed by atoms with Gasteiger partial charge in [-0.25, -0.2) is 8.78 Å². The van der Waals surface area contributed by atoms with E-state index in [0.717, 1.165) is 53.3 Å². The number of benzene rings is 2. The van der Waals surface area contributed by atoms with Gasteiger partial charge in [0.1, 0.15) is 11.6 Å². The number of hydrogen-bond donors (Lipinski definition) is 2. The number of nitrogens with one attached hydrogen (secondary N) is 1. The van der Waals surface area contributed by atoms with Gasteiger partial charge in [0.2, 0.25) is 0 Å². The molecule has 9 heteroatoms. The minimum absolute atomic E-state index is 0.0108. The maximum Gasteiger partial charge on any atom is 0.126 e. The number of piperidine rings is 1. The molecule has 0 bridgehead atoms. The third-order valence-corrected chi connectivity index (χ3v) is 7.06. The highest BCUT2D eigenvalue weighted by Gasteiger charge is 2.33. The second-order valence-electron chi connectivity index (χ2n) is 9.30. The number of halogens is 2. The quantitative estimate of drug-likeness (QED) is 0.241. The Hall–Kier alpha value is -3.95. The summed E-state index contributed by atoms with van der Waals surface area (Å²) in [4.78, 5) is 11.2. The van der Waals surface area contributed by atoms with Crippen molar-refractivity contribution in [3.05, 3.63) is 78.3 Å². The molecule has 2 aromatic heterocycles. The first kappa shape index (κ1) is 23.4. The molecule has 37 heavy (non-hydrogen) atoms. The van der Waals surface area contributed by atoms with E-state index in [1.165, 1.54) is 18.3 Å². The molecule has 188 valence electrons. The Bertz CT molecular complexity index is 1470. The molecule has 2 fully saturated rings. The summed E-state index contributed by atoms with van der Waals surface area (Å²) in [6.45, 7) is 2.87. The molecular weight excluding hydrogens is 476 g/mol. The Labute approximate surface area is 212 Å². The van der Waals surface area contributed by atoms with Gasteiger partial charge in [0.25, 0.3) is 0 Å². The summed E-state index contributed by atoms with van der Waals surface area (Å²) in [6.07, 6.45) is 5.50. The van der Waals surface area contributed by atoms with Crippen LogP contribution in [0, 0.1) is 11.6 Å². The van der Waals surface area contributed by atoms with Crippen LogP contribution in [0.15, 0.2) is 66.1 Å². The fourth-order valence-corrected chi connectivity index (χ4v) is 5.40. The van der Waals surface area contributed by atoms with Crippen LogP contribution in [0.4, 0.5) is 14.5 Å². The normalized spacial score (nSPS) is 19.9. The van der Waals surface area contributed by atoms with Crippen LogP contribution in [0.2, 0.25) is 0 Å². The SMILES string of the molecule is ON=Cc1ncccc1-c1ccc2ncc(-c3cc(F)cc(F)c3)c(N3CC[C@H]4NCCO[C@@H]4C3)c2c1. The van der Waals surface area contributed by atoms with Gasteiger partial charge in [-0.15, -0.1) is 0 Å². The van der Waals surface area contributed by atoms with Crippen molar-refractivity contribution in [1.82, 2.24) is 15.3 Å². The molecule has 2 atom stereocenters. The summed E-state index contributed by atoms with van der Waals surface area (Å²) in [5.74, 6) is -1.28. The van der Waals surface area contributed by atoms with E-state index in [4.69, 9.17) is 9.94 Å². The van der Waals surface area contributed by atoms with E-state index in [1.807, 2.05) is 30.3 Å². The molecule has 6 rings (SSSR count). The van der Waals surface area contributed by atoms with E-state index >= 15 is 0 Å². The molecule has 2 N–H and O–H groups in total. The molecule has 4 heterocycles. The van der Waals surface area contributed by atoms with Crippen molar-refractivity contribution < 1.29 is 18.7 Å². The van der Waals surface area contributed by atoms with Crippen molar-refractivity contribution in [3.63, 3.8) is 0 Å². The Morgan fingerprint density at radius 1 is 1.05 bits per heavy atom. The average Bonchev–Trinajstić information content (AvgIpc) is 2.92. The lowest BCUT2D eigenvalue weighted by Gasteiger charge is -2.43. The topological polar surface area (TPSA) is 82.9 Å². The van der Waals surface area contributed by atoms with Crippen LogP contribution < -0.4 is 10.2 Å². The standard InChI is InChI=1S/C28H25F2N5O2/c29-19-10-18(11-20(30)13-19)23-14-33-24-4-3-17(21-2-1-6-31-26(21)15-34-36)12-22(24)28(23)35-8-5-25-27(16-35)37-9-7-32-25/h1-4,6,10-15,25,27,32,36H,5,7-9,16H2/t25-,27-/m1/s1. The molecule has 4 aromatic rings. The van der Waals surface area contributed by atoms with Crippen LogP contribution in [-0.4, -0.2) is 59.8 Å². The number of oxime groups is 1. The average molecular weight is 502 g/mol. The van der Waals surface area contributed by atoms with E-state index in [2.05, 4.69) is 25.3 Å². The first-order chi connectivity index (χ1) is 18.1. The number of ether oxygens (including phenoxy) is 1. The lowest BCUT2D eigenvalue weighted by atomic mass is 9.94. The fourth-order valence-electron chi connectivity index (χ4n) is 5.40. The van der Waals surface area contributed by atoms with E-state index in [1.54, 1.807) is 12.4 Å². The number of morpholine rings is 1. The molecule has 0 unspecified atom stereocenters. The van der Waals surface area contributed by atoms with E-state index in [0.29, 0.717) is 30.0 Å². The number of pyridine rings is 2. The highest BCUT2D eigenvalue weighted by molar-refractivity contribution is 6.02. The van der Waals surface area contributed by atoms with E-state index in [-0.39, 0.29) is 12.1 Å². The molecule has 2 aliphatic rings. The van der Waals surface area contributed by atoms with Crippen LogP contribution in [0.5, 0.6) is 0 Å². The highest BCUT2D eigenvalue weighted by atomic mass is 19.1. The third kappa shape index (κ3) is 4.52. The lowest BCUT2D eigenvalue weighted by molar-refractivity contribution is -0.00896. The second kappa shape index (κ2) is 9.84. The molecule has 0 spiro atoms. The van der Waals surface area contributed by atoms with Crippen molar-refractivity contribution in [1.29, 1.82) is 0 Å². The maximum atomic E-state index is 14.3. The molecule has 7 nitrogen and oxygen atoms in total. The highest BCUT2D eigenvalue weighted by Crippen LogP contribution is 2.40. The first-order valence-corrected chi connectivity index (χ1v) is 12.2. The number of fused-ring (bicyclic) bond motifs is 2. The monoisotopic (exact) mass is 501 g/mol. The number of anilines is 1. The number of rotatable bonds is 4. The lowest BCUT2D eigenvalue weighted by Crippen LogP contribution is -2.57. The Kier molecular flexibility index (Phi) is 6.23. The summed E-state index contributed by atoms with van der Waals surface area (Å²) in [6, 6.07) is 13.4. The van der Waals surface area contributed by atoms with Gasteiger partial charge in [0.05, 0.1) is 35.8 Å². The van der Waals surface area contributed by atoms with Crippen LogP contribution in [0.3, 0.4) is 0 Å². The summed E-state index contributed by atoms with van der Waals surface area (Å²) in [5, 5.41) is 16.7. The van der Waals surface area contributed by atoms with E-state index < -0.39 is 11.6 Å². The second-order valence-corrected chi connectivity index (χ2v) is 9.30. The van der Waals surface area contributed by atoms with Gasteiger partial charge in [-0.1, -0.05) is 17.3 Å². The zero-order valence-electron chi connectivity index (χ0n) is 19.9. The predicted octanol–water partition coefficient (Wildman–Crippen LogP) is 4.62. The molecular formula is C28H25F2N5O2. The Morgan fingerprint density at radius 3 is 2.76 bits per heavy atom. The van der Waals surface area contributed by atoms with Crippen LogP contribution in [0.25, 0.3) is 33.2 Å². The van der Waals surface area contributed by atoms with Gasteiger partial charge < -0.3 is 20.2 Å². The first-order valence-electron chi connectivity index (χ1n) is 12.2. The molecule has 2 saturated heterocycles. The third-order valence-electron chi connectivity index (χ3n) is 7.06. The fraction of sp³-hybridized carbons (Fsp3) is 0.250. The van der Waals surface area contributed by atoms with Crippen LogP contribution in [0.1, 0.15) is 12.1 Å². The van der Waals surface area contributed by atoms with Crippen LogP contribution in [-0.2, 0) is 4.74 Å². The summed E-state index contributed by atoms with van der Waals surface area (Å²) in [5.41, 5.74) is 4.83. The number of aromatic nitrogens is 2. The van der Waals surface area contributed by atoms with Gasteiger partial charge in [-0.2, -0.15) is 0 Å². The zero-order valence-corrected chi connectivity index (χ0v) is 19.9. The van der Waals surface area contributed by atoms with Gasteiger partial charge in [-0.05, 0) is 47.9 Å². The van der Waals surface area contributed by atoms with Crippen molar-refractivity contribution in [2.75, 3.05) is 31.1 Å². The van der Waals surface area contributed by atoms with Gasteiger partial charge in [-0.3, -0.25) is 9.97 Å². The molecule has 2 aromatic carbocycles. The van der Waals surface area contributed by atoms with Gasteiger partial charge in [0.15, 0.2) is 0 Å². The Balaban J connectivity index is 1.55. The minimum atomic E-state index is -0.642. The van der Waals surface area contributed by atoms with E-state index in [9.17, 15) is 8.78 Å². The van der Waals surface area contributed by atoms with Crippen molar-refractivity contribution in [2.24, 2.45) is 5.16 Å². The predicted molar refractivity (Wildman–Crippen MR) is 138 cm³/mol. The summed E-state index contributed by atoms with van der Waals surface area (Å²) < 4.78 is 34.6. The van der Waals surface area contributed by atoms with Gasteiger partial charge in [0, 0.05) is 60.6 Å². The van der Waals surface area contributed by atoms with Crippen LogP contribution >= 0.6 is 0 Å². The summed E-state index contributed by atoms with van der Waals surface area (Å²) >= 11 is 0. The zero-order chi connectivity index (χ0) is 25.4. The minimum Gasteiger partial charge on any atom is -0.411 e. The van der Waals surface area contributed by atoms with Crippen molar-refractivity contribution in [3.8, 4) is 22.3 Å². The molecule has 0 amide bonds. The Morgan fingerprint density at radius 2 is 1.92 bits per heavy atom. The summed E-state index contributed by atoms with van der Waals surface area (Å²) in [7, 11) is 0. The van der Waals surface area contributed by atoms with Crippen molar-refractivity contribution in [2.45, 2.75) is 18.6 Å². The number of hydrogen-bond acceptors (Lipinski definition) is 7. The molecule has 2 aliphatic heterocycles. The number of nitrogens with zero attached hydrogens (tertiary/aromatic N) is 4. The molecule has 0 radical (unpaired) electrons. The molecule has 0 aliphatic carbocycles. The van der Waals surface area contributed by atoms with Crippen molar-refractivity contribution >= 4 is 22.8 Å². The largest absolute Gasteiger partial charge is 0.411 e. The smallest absolute Gasteiger partial charge is 0.126 e. The van der Waals surface area contributed by atoms with Gasteiger partial charge >= 0.3 is 0 Å².